The van der Waals surface area contributed by atoms with E-state index in [9.17, 15) is 9.59 Å². The molecule has 16 heavy (non-hydrogen) atoms. The summed E-state index contributed by atoms with van der Waals surface area (Å²) in [5.41, 5.74) is 0. The highest BCUT2D eigenvalue weighted by Gasteiger charge is 2.23. The lowest BCUT2D eigenvalue weighted by molar-refractivity contribution is -0.147. The van der Waals surface area contributed by atoms with Crippen molar-refractivity contribution in [2.45, 2.75) is 18.9 Å². The maximum absolute atomic E-state index is 11.4. The Morgan fingerprint density at radius 1 is 1.31 bits per heavy atom. The van der Waals surface area contributed by atoms with Crippen molar-refractivity contribution >= 4 is 11.9 Å². The molecule has 1 heterocycles. The molecule has 1 aliphatic rings. The van der Waals surface area contributed by atoms with Crippen molar-refractivity contribution in [2.24, 2.45) is 0 Å². The van der Waals surface area contributed by atoms with Gasteiger partial charge in [0.2, 0.25) is 5.91 Å². The van der Waals surface area contributed by atoms with Crippen molar-refractivity contribution < 1.29 is 24.2 Å². The summed E-state index contributed by atoms with van der Waals surface area (Å²) < 4.78 is 9.93. The number of rotatable bonds is 5. The SMILES string of the molecule is COCC(=O)N1CCC(OCC(=O)O)CC1. The van der Waals surface area contributed by atoms with Gasteiger partial charge in [-0.1, -0.05) is 0 Å². The molecule has 1 rings (SSSR count). The molecule has 92 valence electrons. The summed E-state index contributed by atoms with van der Waals surface area (Å²) in [7, 11) is 1.49. The van der Waals surface area contributed by atoms with Crippen LogP contribution in [0, 0.1) is 0 Å². The van der Waals surface area contributed by atoms with Crippen LogP contribution in [0.4, 0.5) is 0 Å². The molecule has 1 amide bonds. The van der Waals surface area contributed by atoms with Crippen LogP contribution in [0.5, 0.6) is 0 Å². The van der Waals surface area contributed by atoms with Gasteiger partial charge in [-0.25, -0.2) is 4.79 Å². The maximum atomic E-state index is 11.4. The second kappa shape index (κ2) is 6.44. The number of amides is 1. The number of ether oxygens (including phenoxy) is 2. The number of hydrogen-bond donors (Lipinski definition) is 1. The largest absolute Gasteiger partial charge is 0.480 e. The third kappa shape index (κ3) is 4.16. The Bertz CT molecular complexity index is 248. The fraction of sp³-hybridized carbons (Fsp3) is 0.800. The molecule has 1 N–H and O–H groups in total. The summed E-state index contributed by atoms with van der Waals surface area (Å²) in [6, 6.07) is 0. The van der Waals surface area contributed by atoms with E-state index in [0.717, 1.165) is 0 Å². The first-order valence-corrected chi connectivity index (χ1v) is 5.23. The van der Waals surface area contributed by atoms with Crippen LogP contribution in [0.15, 0.2) is 0 Å². The lowest BCUT2D eigenvalue weighted by atomic mass is 10.1. The zero-order valence-corrected chi connectivity index (χ0v) is 9.35. The topological polar surface area (TPSA) is 76.1 Å². The molecule has 0 unspecified atom stereocenters. The fourth-order valence-electron chi connectivity index (χ4n) is 1.68. The van der Waals surface area contributed by atoms with Crippen LogP contribution < -0.4 is 0 Å². The zero-order chi connectivity index (χ0) is 12.0. The van der Waals surface area contributed by atoms with Crippen molar-refractivity contribution in [2.75, 3.05) is 33.4 Å². The quantitative estimate of drug-likeness (QED) is 0.704. The molecule has 0 aromatic heterocycles. The number of carbonyl (C=O) groups is 2. The number of methoxy groups -OCH3 is 1. The molecule has 1 saturated heterocycles. The number of aliphatic carboxylic acids is 1. The molecule has 0 bridgehead atoms. The zero-order valence-electron chi connectivity index (χ0n) is 9.35. The van der Waals surface area contributed by atoms with Crippen LogP contribution in [0.25, 0.3) is 0 Å². The number of carbonyl (C=O) groups excluding carboxylic acids is 1. The van der Waals surface area contributed by atoms with E-state index in [1.807, 2.05) is 0 Å². The molecule has 0 aromatic carbocycles. The fourth-order valence-corrected chi connectivity index (χ4v) is 1.68. The first-order valence-electron chi connectivity index (χ1n) is 5.23. The van der Waals surface area contributed by atoms with E-state index in [4.69, 9.17) is 14.6 Å². The van der Waals surface area contributed by atoms with Crippen molar-refractivity contribution in [1.29, 1.82) is 0 Å². The second-order valence-electron chi connectivity index (χ2n) is 3.72. The number of hydrogen-bond acceptors (Lipinski definition) is 4. The van der Waals surface area contributed by atoms with Crippen LogP contribution in [-0.4, -0.2) is 61.4 Å². The summed E-state index contributed by atoms with van der Waals surface area (Å²) in [6.45, 7) is 1.04. The van der Waals surface area contributed by atoms with E-state index in [1.54, 1.807) is 4.90 Å². The first kappa shape index (κ1) is 12.9. The highest BCUT2D eigenvalue weighted by molar-refractivity contribution is 5.77. The highest BCUT2D eigenvalue weighted by atomic mass is 16.5. The predicted molar refractivity (Wildman–Crippen MR) is 55.1 cm³/mol. The molecule has 1 aliphatic heterocycles. The van der Waals surface area contributed by atoms with Gasteiger partial charge in [0, 0.05) is 20.2 Å². The number of piperidine rings is 1. The number of carboxylic acid groups (broad SMARTS) is 1. The van der Waals surface area contributed by atoms with Gasteiger partial charge < -0.3 is 19.5 Å². The molecule has 0 saturated carbocycles. The molecule has 0 atom stereocenters. The van der Waals surface area contributed by atoms with Gasteiger partial charge in [-0.15, -0.1) is 0 Å². The Hall–Kier alpha value is -1.14. The number of carboxylic acids is 1. The van der Waals surface area contributed by atoms with Crippen molar-refractivity contribution in [3.8, 4) is 0 Å². The highest BCUT2D eigenvalue weighted by Crippen LogP contribution is 2.13. The van der Waals surface area contributed by atoms with Crippen LogP contribution >= 0.6 is 0 Å². The molecule has 6 nitrogen and oxygen atoms in total. The van der Waals surface area contributed by atoms with Crippen molar-refractivity contribution in [1.82, 2.24) is 4.90 Å². The van der Waals surface area contributed by atoms with Gasteiger partial charge in [-0.3, -0.25) is 4.79 Å². The van der Waals surface area contributed by atoms with Gasteiger partial charge in [0.15, 0.2) is 0 Å². The van der Waals surface area contributed by atoms with Crippen molar-refractivity contribution in [3.63, 3.8) is 0 Å². The summed E-state index contributed by atoms with van der Waals surface area (Å²) in [5.74, 6) is -0.989. The van der Waals surface area contributed by atoms with E-state index >= 15 is 0 Å². The molecule has 0 spiro atoms. The van der Waals surface area contributed by atoms with E-state index in [1.165, 1.54) is 7.11 Å². The lowest BCUT2D eigenvalue weighted by Crippen LogP contribution is -2.42. The van der Waals surface area contributed by atoms with Crippen LogP contribution in [0.1, 0.15) is 12.8 Å². The third-order valence-electron chi connectivity index (χ3n) is 2.51. The number of likely N-dealkylation sites (tertiary alicyclic amines) is 1. The van der Waals surface area contributed by atoms with E-state index in [2.05, 4.69) is 0 Å². The molecular formula is C10H17NO5. The second-order valence-corrected chi connectivity index (χ2v) is 3.72. The minimum absolute atomic E-state index is 0.0285. The Labute approximate surface area is 94.1 Å². The summed E-state index contributed by atoms with van der Waals surface area (Å²) in [6.07, 6.45) is 1.31. The molecule has 1 fully saturated rings. The minimum Gasteiger partial charge on any atom is -0.480 e. The normalized spacial score (nSPS) is 17.4. The Morgan fingerprint density at radius 3 is 2.44 bits per heavy atom. The molecule has 0 aliphatic carbocycles. The Balaban J connectivity index is 2.23. The van der Waals surface area contributed by atoms with Crippen LogP contribution in [0.3, 0.4) is 0 Å². The van der Waals surface area contributed by atoms with Gasteiger partial charge in [-0.05, 0) is 12.8 Å². The Morgan fingerprint density at radius 2 is 1.94 bits per heavy atom. The summed E-state index contributed by atoms with van der Waals surface area (Å²) >= 11 is 0. The monoisotopic (exact) mass is 231 g/mol. The number of nitrogens with zero attached hydrogens (tertiary/aromatic N) is 1. The average molecular weight is 231 g/mol. The predicted octanol–water partition coefficient (Wildman–Crippen LogP) is -0.275. The van der Waals surface area contributed by atoms with Gasteiger partial charge >= 0.3 is 5.97 Å². The van der Waals surface area contributed by atoms with Crippen LogP contribution in [0.2, 0.25) is 0 Å². The summed E-state index contributed by atoms with van der Waals surface area (Å²) in [4.78, 5) is 23.4. The Kier molecular flexibility index (Phi) is 5.21. The van der Waals surface area contributed by atoms with E-state index in [0.29, 0.717) is 25.9 Å². The first-order chi connectivity index (χ1) is 7.63. The van der Waals surface area contributed by atoms with Gasteiger partial charge in [0.25, 0.3) is 0 Å². The van der Waals surface area contributed by atoms with Gasteiger partial charge in [0.1, 0.15) is 13.2 Å². The van der Waals surface area contributed by atoms with E-state index in [-0.39, 0.29) is 25.2 Å². The lowest BCUT2D eigenvalue weighted by Gasteiger charge is -2.31. The summed E-state index contributed by atoms with van der Waals surface area (Å²) in [5, 5.41) is 8.45. The molecule has 0 radical (unpaired) electrons. The van der Waals surface area contributed by atoms with E-state index < -0.39 is 5.97 Å². The molecule has 6 heteroatoms. The smallest absolute Gasteiger partial charge is 0.329 e. The average Bonchev–Trinajstić information content (AvgIpc) is 2.27. The molecular weight excluding hydrogens is 214 g/mol. The maximum Gasteiger partial charge on any atom is 0.329 e. The third-order valence-corrected chi connectivity index (χ3v) is 2.51. The minimum atomic E-state index is -0.960. The van der Waals surface area contributed by atoms with Crippen molar-refractivity contribution in [3.05, 3.63) is 0 Å². The van der Waals surface area contributed by atoms with Gasteiger partial charge in [0.05, 0.1) is 6.10 Å². The van der Waals surface area contributed by atoms with Gasteiger partial charge in [-0.2, -0.15) is 0 Å². The molecule has 0 aromatic rings. The van der Waals surface area contributed by atoms with Crippen LogP contribution in [-0.2, 0) is 19.1 Å². The standard InChI is InChI=1S/C10H17NO5/c1-15-6-9(12)11-4-2-8(3-5-11)16-7-10(13)14/h8H,2-7H2,1H3,(H,13,14).